The van der Waals surface area contributed by atoms with Crippen molar-refractivity contribution in [3.8, 4) is 11.5 Å². The number of ether oxygens (including phenoxy) is 1. The first-order chi connectivity index (χ1) is 14.6. The molecule has 1 heterocycles. The number of phosphoric acid groups is 1. The van der Waals surface area contributed by atoms with Gasteiger partial charge in [-0.25, -0.2) is 8.96 Å². The van der Waals surface area contributed by atoms with Crippen LogP contribution in [0.25, 0.3) is 0 Å². The second-order valence-corrected chi connectivity index (χ2v) is 8.27. The van der Waals surface area contributed by atoms with Crippen LogP contribution < -0.4 is 15.6 Å². The maximum atomic E-state index is 13.3. The molecule has 0 saturated heterocycles. The van der Waals surface area contributed by atoms with Gasteiger partial charge in [0.15, 0.2) is 0 Å². The van der Waals surface area contributed by atoms with E-state index in [0.29, 0.717) is 27.8 Å². The molecule has 3 N–H and O–H groups in total. The van der Waals surface area contributed by atoms with Gasteiger partial charge in [0, 0.05) is 35.1 Å². The first kappa shape index (κ1) is 23.0. The average Bonchev–Trinajstić information content (AvgIpc) is 2.68. The number of pyridine rings is 1. The second-order valence-electron chi connectivity index (χ2n) is 6.59. The fraction of sp³-hybridized carbons (Fsp3) is 0.150. The van der Waals surface area contributed by atoms with Crippen LogP contribution in [-0.2, 0) is 22.4 Å². The fourth-order valence-corrected chi connectivity index (χ4v) is 3.11. The first-order valence-electron chi connectivity index (χ1n) is 8.97. The predicted molar refractivity (Wildman–Crippen MR) is 114 cm³/mol. The van der Waals surface area contributed by atoms with Crippen molar-refractivity contribution in [3.05, 3.63) is 87.0 Å². The molecular weight excluding hydrogens is 450 g/mol. The van der Waals surface area contributed by atoms with Crippen LogP contribution in [0.2, 0.25) is 5.02 Å². The van der Waals surface area contributed by atoms with Gasteiger partial charge in [0.25, 0.3) is 5.56 Å². The Bertz CT molecular complexity index is 1200. The molecule has 11 heteroatoms. The number of phosphoric ester groups is 1. The summed E-state index contributed by atoms with van der Waals surface area (Å²) in [5.74, 6) is 0.592. The molecule has 8 nitrogen and oxygen atoms in total. The fourth-order valence-electron chi connectivity index (χ4n) is 2.67. The van der Waals surface area contributed by atoms with Crippen LogP contribution in [0.1, 0.15) is 11.1 Å². The highest BCUT2D eigenvalue weighted by Gasteiger charge is 2.14. The summed E-state index contributed by atoms with van der Waals surface area (Å²) in [5.41, 5.74) is 1.34. The van der Waals surface area contributed by atoms with Gasteiger partial charge >= 0.3 is 7.82 Å². The molecule has 0 spiro atoms. The zero-order valence-electron chi connectivity index (χ0n) is 16.3. The lowest BCUT2D eigenvalue weighted by Crippen LogP contribution is -2.20. The van der Waals surface area contributed by atoms with E-state index in [1.54, 1.807) is 31.2 Å². The highest BCUT2D eigenvalue weighted by molar-refractivity contribution is 7.46. The van der Waals surface area contributed by atoms with Gasteiger partial charge in [-0.3, -0.25) is 13.9 Å². The van der Waals surface area contributed by atoms with Gasteiger partial charge in [0.2, 0.25) is 0 Å². The zero-order valence-corrected chi connectivity index (χ0v) is 17.9. The van der Waals surface area contributed by atoms with Crippen LogP contribution in [0, 0.1) is 12.7 Å². The largest absolute Gasteiger partial charge is 0.471 e. The number of nitrogens with zero attached hydrogens (tertiary/aromatic N) is 1. The molecule has 0 atom stereocenters. The Balaban J connectivity index is 1.74. The molecule has 0 aliphatic rings. The number of rotatable bonds is 8. The lowest BCUT2D eigenvalue weighted by molar-refractivity contribution is 0.151. The summed E-state index contributed by atoms with van der Waals surface area (Å²) >= 11 is 6.09. The van der Waals surface area contributed by atoms with Crippen molar-refractivity contribution < 1.29 is 28.0 Å². The Labute approximate surface area is 182 Å². The van der Waals surface area contributed by atoms with E-state index in [0.717, 1.165) is 10.1 Å². The summed E-state index contributed by atoms with van der Waals surface area (Å²) in [7, 11) is -4.68. The van der Waals surface area contributed by atoms with Gasteiger partial charge in [-0.1, -0.05) is 17.7 Å². The van der Waals surface area contributed by atoms with Crippen molar-refractivity contribution >= 4 is 25.1 Å². The molecule has 0 saturated carbocycles. The summed E-state index contributed by atoms with van der Waals surface area (Å²) in [4.78, 5) is 29.6. The van der Waals surface area contributed by atoms with Crippen LogP contribution >= 0.6 is 19.4 Å². The molecular formula is C20H19ClFN2O6P. The third-order valence-electron chi connectivity index (χ3n) is 4.23. The number of aryl methyl sites for hydroxylation is 1. The Morgan fingerprint density at radius 1 is 1.13 bits per heavy atom. The number of nitrogens with one attached hydrogen (secondary N) is 1. The maximum absolute atomic E-state index is 13.3. The van der Waals surface area contributed by atoms with Crippen molar-refractivity contribution in [2.45, 2.75) is 20.2 Å². The molecule has 0 bridgehead atoms. The van der Waals surface area contributed by atoms with Crippen molar-refractivity contribution in [1.29, 1.82) is 0 Å². The van der Waals surface area contributed by atoms with Crippen molar-refractivity contribution in [2.75, 3.05) is 5.32 Å². The predicted octanol–water partition coefficient (Wildman–Crippen LogP) is 4.42. The van der Waals surface area contributed by atoms with Gasteiger partial charge in [0.05, 0.1) is 0 Å². The lowest BCUT2D eigenvalue weighted by atomic mass is 10.1. The first-order valence-corrected chi connectivity index (χ1v) is 10.9. The van der Waals surface area contributed by atoms with Gasteiger partial charge < -0.3 is 19.8 Å². The van der Waals surface area contributed by atoms with Crippen LogP contribution in [0.3, 0.4) is 0 Å². The molecule has 164 valence electrons. The van der Waals surface area contributed by atoms with E-state index in [1.165, 1.54) is 30.5 Å². The highest BCUT2D eigenvalue weighted by atomic mass is 35.5. The van der Waals surface area contributed by atoms with Crippen molar-refractivity contribution in [3.63, 3.8) is 0 Å². The van der Waals surface area contributed by atoms with Gasteiger partial charge in [-0.2, -0.15) is 0 Å². The minimum atomic E-state index is -4.68. The maximum Gasteiger partial charge on any atom is 0.471 e. The molecule has 3 aromatic rings. The van der Waals surface area contributed by atoms with E-state index in [1.807, 2.05) is 0 Å². The van der Waals surface area contributed by atoms with E-state index in [4.69, 9.17) is 26.1 Å². The van der Waals surface area contributed by atoms with E-state index in [-0.39, 0.29) is 12.4 Å². The topological polar surface area (TPSA) is 110 Å². The molecule has 2 aromatic carbocycles. The van der Waals surface area contributed by atoms with E-state index in [9.17, 15) is 13.8 Å². The summed E-state index contributed by atoms with van der Waals surface area (Å²) in [6.07, 6.45) is 1.35. The third-order valence-corrected chi connectivity index (χ3v) is 4.92. The number of aromatic nitrogens is 1. The minimum absolute atomic E-state index is 0.287. The molecule has 0 amide bonds. The molecule has 0 aliphatic heterocycles. The Hall–Kier alpha value is -2.68. The molecule has 0 radical (unpaired) electrons. The average molecular weight is 469 g/mol. The molecule has 0 unspecified atom stereocenters. The monoisotopic (exact) mass is 468 g/mol. The summed E-state index contributed by atoms with van der Waals surface area (Å²) in [6, 6.07) is 12.1. The van der Waals surface area contributed by atoms with E-state index < -0.39 is 20.1 Å². The van der Waals surface area contributed by atoms with Crippen LogP contribution in [0.5, 0.6) is 11.5 Å². The molecule has 1 aromatic heterocycles. The van der Waals surface area contributed by atoms with Crippen molar-refractivity contribution in [1.82, 2.24) is 4.57 Å². The van der Waals surface area contributed by atoms with Gasteiger partial charge in [-0.15, -0.1) is 0 Å². The standard InChI is InChI=1S/C20H19ClFN2O6P/c1-13-8-16(22)4-5-18(13)30-19-9-15(21)3-2-14(19)11-23-17-6-7-24(20(25)10-17)12-29-31(26,27)28/h2-10,23H,11-12H2,1H3,(H2,26,27,28). The number of benzene rings is 2. The quantitative estimate of drug-likeness (QED) is 0.420. The number of hydrogen-bond donors (Lipinski definition) is 3. The molecule has 0 aliphatic carbocycles. The second kappa shape index (κ2) is 9.64. The molecule has 3 rings (SSSR count). The minimum Gasteiger partial charge on any atom is -0.457 e. The van der Waals surface area contributed by atoms with Crippen molar-refractivity contribution in [2.24, 2.45) is 0 Å². The summed E-state index contributed by atoms with van der Waals surface area (Å²) in [6.45, 7) is 1.44. The van der Waals surface area contributed by atoms with E-state index in [2.05, 4.69) is 9.84 Å². The van der Waals surface area contributed by atoms with Gasteiger partial charge in [-0.05, 0) is 48.9 Å². The van der Waals surface area contributed by atoms with Gasteiger partial charge in [0.1, 0.15) is 24.0 Å². The highest BCUT2D eigenvalue weighted by Crippen LogP contribution is 2.36. The Morgan fingerprint density at radius 3 is 2.58 bits per heavy atom. The van der Waals surface area contributed by atoms with Crippen LogP contribution in [-0.4, -0.2) is 14.4 Å². The van der Waals surface area contributed by atoms with E-state index >= 15 is 0 Å². The third kappa shape index (κ3) is 6.65. The summed E-state index contributed by atoms with van der Waals surface area (Å²) < 4.78 is 35.4. The van der Waals surface area contributed by atoms with Crippen LogP contribution in [0.4, 0.5) is 10.1 Å². The molecule has 31 heavy (non-hydrogen) atoms. The number of hydrogen-bond acceptors (Lipinski definition) is 5. The van der Waals surface area contributed by atoms with Crippen LogP contribution in [0.15, 0.2) is 59.5 Å². The normalized spacial score (nSPS) is 11.4. The SMILES string of the molecule is Cc1cc(F)ccc1Oc1cc(Cl)ccc1CNc1ccn(COP(=O)(O)O)c(=O)c1. The number of anilines is 1. The molecule has 0 fully saturated rings. The Morgan fingerprint density at radius 2 is 1.90 bits per heavy atom. The Kier molecular flexibility index (Phi) is 7.15. The number of halogens is 2. The smallest absolute Gasteiger partial charge is 0.457 e. The zero-order chi connectivity index (χ0) is 22.6. The lowest BCUT2D eigenvalue weighted by Gasteiger charge is -2.15. The summed E-state index contributed by atoms with van der Waals surface area (Å²) in [5, 5.41) is 3.54.